The molecule has 0 spiro atoms. The Morgan fingerprint density at radius 3 is 2.62 bits per heavy atom. The molecule has 1 aromatic carbocycles. The number of hydrazone groups is 1. The van der Waals surface area contributed by atoms with Crippen molar-refractivity contribution in [1.29, 1.82) is 0 Å². The van der Waals surface area contributed by atoms with Crippen LogP contribution in [0.1, 0.15) is 45.5 Å². The van der Waals surface area contributed by atoms with Gasteiger partial charge in [-0.2, -0.15) is 5.10 Å². The number of nitrogens with zero attached hydrogens (tertiary/aromatic N) is 2. The second-order valence-corrected chi connectivity index (χ2v) is 7.72. The predicted octanol–water partition coefficient (Wildman–Crippen LogP) is 4.04. The Morgan fingerprint density at radius 2 is 1.97 bits per heavy atom. The van der Waals surface area contributed by atoms with Crippen molar-refractivity contribution in [2.45, 2.75) is 26.3 Å². The molecule has 0 aliphatic carbocycles. The topological polar surface area (TPSA) is 102 Å². The number of furan rings is 1. The largest absolute Gasteiger partial charge is 0.467 e. The lowest BCUT2D eigenvalue weighted by Gasteiger charge is -2.19. The highest BCUT2D eigenvalue weighted by Gasteiger charge is 2.35. The van der Waals surface area contributed by atoms with Crippen LogP contribution in [0.5, 0.6) is 0 Å². The Balaban J connectivity index is 1.54. The fourth-order valence-electron chi connectivity index (χ4n) is 3.59. The van der Waals surface area contributed by atoms with Crippen molar-refractivity contribution in [3.63, 3.8) is 0 Å². The summed E-state index contributed by atoms with van der Waals surface area (Å²) in [5.41, 5.74) is 1.47. The van der Waals surface area contributed by atoms with Gasteiger partial charge in [-0.25, -0.2) is 14.6 Å². The average molecular weight is 455 g/mol. The highest BCUT2D eigenvalue weighted by atomic mass is 35.5. The van der Waals surface area contributed by atoms with Gasteiger partial charge < -0.3 is 13.6 Å². The van der Waals surface area contributed by atoms with E-state index in [4.69, 9.17) is 25.2 Å². The van der Waals surface area contributed by atoms with Gasteiger partial charge in [0, 0.05) is 17.5 Å². The number of carbonyl (C=O) groups is 2. The van der Waals surface area contributed by atoms with Crippen LogP contribution < -0.4 is 5.63 Å². The van der Waals surface area contributed by atoms with Gasteiger partial charge >= 0.3 is 11.6 Å². The van der Waals surface area contributed by atoms with Crippen molar-refractivity contribution in [3.8, 4) is 0 Å². The molecule has 8 nitrogen and oxygen atoms in total. The minimum absolute atomic E-state index is 0.117. The van der Waals surface area contributed by atoms with E-state index < -0.39 is 30.2 Å². The molecule has 1 amide bonds. The lowest BCUT2D eigenvalue weighted by molar-refractivity contribution is -0.136. The summed E-state index contributed by atoms with van der Waals surface area (Å²) >= 11 is 5.97. The molecular weight excluding hydrogens is 436 g/mol. The highest BCUT2D eigenvalue weighted by molar-refractivity contribution is 6.30. The zero-order valence-corrected chi connectivity index (χ0v) is 18.1. The number of rotatable bonds is 5. The molecule has 164 valence electrons. The van der Waals surface area contributed by atoms with Crippen LogP contribution in [0, 0.1) is 13.8 Å². The van der Waals surface area contributed by atoms with Gasteiger partial charge in [0.2, 0.25) is 0 Å². The lowest BCUT2D eigenvalue weighted by Crippen LogP contribution is -2.31. The quantitative estimate of drug-likeness (QED) is 0.539. The van der Waals surface area contributed by atoms with E-state index in [9.17, 15) is 14.4 Å². The standard InChI is InChI=1S/C23H19ClN2O6/c1-13-10-21(28)32-14(2)22(13)23(29)31-12-20(27)26-18(19-4-3-9-30-19)11-17(25-26)15-5-7-16(24)8-6-15/h3-10,18H,11-12H2,1-2H3. The first kappa shape index (κ1) is 21.6. The van der Waals surface area contributed by atoms with Crippen molar-refractivity contribution in [2.24, 2.45) is 5.10 Å². The molecule has 0 saturated carbocycles. The van der Waals surface area contributed by atoms with Crippen LogP contribution in [0.4, 0.5) is 0 Å². The Labute approximate surface area is 188 Å². The molecule has 0 N–H and O–H groups in total. The van der Waals surface area contributed by atoms with Crippen molar-refractivity contribution in [2.75, 3.05) is 6.61 Å². The van der Waals surface area contributed by atoms with Gasteiger partial charge in [0.1, 0.15) is 23.1 Å². The Bertz CT molecular complexity index is 1220. The normalized spacial score (nSPS) is 15.5. The second-order valence-electron chi connectivity index (χ2n) is 7.28. The molecule has 1 atom stereocenters. The minimum atomic E-state index is -0.757. The molecule has 0 fully saturated rings. The maximum Gasteiger partial charge on any atom is 0.342 e. The Hall–Kier alpha value is -3.65. The van der Waals surface area contributed by atoms with Crippen LogP contribution in [-0.2, 0) is 9.53 Å². The van der Waals surface area contributed by atoms with Gasteiger partial charge in [-0.3, -0.25) is 4.79 Å². The maximum absolute atomic E-state index is 12.9. The van der Waals surface area contributed by atoms with Crippen molar-refractivity contribution >= 4 is 29.2 Å². The zero-order chi connectivity index (χ0) is 22.8. The van der Waals surface area contributed by atoms with Crippen LogP contribution in [0.3, 0.4) is 0 Å². The van der Waals surface area contributed by atoms with Crippen molar-refractivity contribution < 1.29 is 23.2 Å². The fraction of sp³-hybridized carbons (Fsp3) is 0.217. The second kappa shape index (κ2) is 8.84. The summed E-state index contributed by atoms with van der Waals surface area (Å²) in [4.78, 5) is 36.9. The number of benzene rings is 1. The Morgan fingerprint density at radius 1 is 1.22 bits per heavy atom. The van der Waals surface area contributed by atoms with Gasteiger partial charge in [-0.1, -0.05) is 23.7 Å². The fourth-order valence-corrected chi connectivity index (χ4v) is 3.71. The van der Waals surface area contributed by atoms with E-state index in [0.29, 0.717) is 28.5 Å². The number of halogens is 1. The van der Waals surface area contributed by atoms with E-state index in [1.807, 2.05) is 12.1 Å². The first-order valence-electron chi connectivity index (χ1n) is 9.81. The van der Waals surface area contributed by atoms with E-state index in [1.165, 1.54) is 24.3 Å². The molecule has 0 radical (unpaired) electrons. The molecular formula is C23H19ClN2O6. The number of aryl methyl sites for hydroxylation is 2. The third-order valence-electron chi connectivity index (χ3n) is 5.08. The summed E-state index contributed by atoms with van der Waals surface area (Å²) in [6.45, 7) is 2.55. The van der Waals surface area contributed by atoms with Crippen LogP contribution >= 0.6 is 11.6 Å². The maximum atomic E-state index is 12.9. The first-order valence-corrected chi connectivity index (χ1v) is 10.2. The number of esters is 1. The van der Waals surface area contributed by atoms with Crippen LogP contribution in [0.2, 0.25) is 5.02 Å². The summed E-state index contributed by atoms with van der Waals surface area (Å²) in [6, 6.07) is 11.4. The monoisotopic (exact) mass is 454 g/mol. The van der Waals surface area contributed by atoms with Crippen molar-refractivity contribution in [3.05, 3.63) is 92.4 Å². The molecule has 1 aliphatic heterocycles. The summed E-state index contributed by atoms with van der Waals surface area (Å²) in [7, 11) is 0. The summed E-state index contributed by atoms with van der Waals surface area (Å²) in [5, 5.41) is 6.33. The zero-order valence-electron chi connectivity index (χ0n) is 17.3. The van der Waals surface area contributed by atoms with Gasteiger partial charge in [0.25, 0.3) is 5.91 Å². The summed E-state index contributed by atoms with van der Waals surface area (Å²) < 4.78 is 15.7. The molecule has 0 saturated heterocycles. The average Bonchev–Trinajstić information content (AvgIpc) is 3.41. The van der Waals surface area contributed by atoms with Crippen molar-refractivity contribution in [1.82, 2.24) is 5.01 Å². The van der Waals surface area contributed by atoms with Gasteiger partial charge in [-0.05, 0) is 49.2 Å². The van der Waals surface area contributed by atoms with Crippen LogP contribution in [0.25, 0.3) is 0 Å². The SMILES string of the molecule is Cc1cc(=O)oc(C)c1C(=O)OCC(=O)N1N=C(c2ccc(Cl)cc2)CC1c1ccco1. The molecule has 32 heavy (non-hydrogen) atoms. The third-order valence-corrected chi connectivity index (χ3v) is 5.33. The smallest absolute Gasteiger partial charge is 0.342 e. The Kier molecular flexibility index (Phi) is 5.96. The minimum Gasteiger partial charge on any atom is -0.467 e. The molecule has 3 heterocycles. The van der Waals surface area contributed by atoms with Crippen LogP contribution in [0.15, 0.2) is 67.5 Å². The molecule has 1 aliphatic rings. The summed E-state index contributed by atoms with van der Waals surface area (Å²) in [5.74, 6) is -0.580. The van der Waals surface area contributed by atoms with Crippen LogP contribution in [-0.4, -0.2) is 29.2 Å². The lowest BCUT2D eigenvalue weighted by atomic mass is 10.0. The number of ether oxygens (including phenoxy) is 1. The van der Waals surface area contributed by atoms with Gasteiger partial charge in [0.15, 0.2) is 6.61 Å². The molecule has 9 heteroatoms. The molecule has 3 aromatic rings. The molecule has 4 rings (SSSR count). The molecule has 2 aromatic heterocycles. The van der Waals surface area contributed by atoms with E-state index in [1.54, 1.807) is 31.2 Å². The molecule has 1 unspecified atom stereocenters. The third kappa shape index (κ3) is 4.36. The number of hydrogen-bond donors (Lipinski definition) is 0. The van der Waals surface area contributed by atoms with E-state index >= 15 is 0 Å². The van der Waals surface area contributed by atoms with Gasteiger partial charge in [0.05, 0.1) is 12.0 Å². The van der Waals surface area contributed by atoms with E-state index in [0.717, 1.165) is 5.56 Å². The highest BCUT2D eigenvalue weighted by Crippen LogP contribution is 2.33. The predicted molar refractivity (Wildman–Crippen MR) is 116 cm³/mol. The first-order chi connectivity index (χ1) is 15.3. The van der Waals surface area contributed by atoms with E-state index in [-0.39, 0.29) is 11.3 Å². The number of amides is 1. The molecule has 0 bridgehead atoms. The number of carbonyl (C=O) groups excluding carboxylic acids is 2. The summed E-state index contributed by atoms with van der Waals surface area (Å²) in [6.07, 6.45) is 1.95. The van der Waals surface area contributed by atoms with Gasteiger partial charge in [-0.15, -0.1) is 0 Å². The van der Waals surface area contributed by atoms with E-state index in [2.05, 4.69) is 5.10 Å². The number of hydrogen-bond acceptors (Lipinski definition) is 7.